The zero-order valence-corrected chi connectivity index (χ0v) is 20.1. The van der Waals surface area contributed by atoms with Gasteiger partial charge in [0.2, 0.25) is 0 Å². The molecule has 4 rings (SSSR count). The van der Waals surface area contributed by atoms with E-state index in [0.717, 1.165) is 22.3 Å². The molecule has 0 amide bonds. The predicted octanol–water partition coefficient (Wildman–Crippen LogP) is 5.59. The number of rotatable bonds is 6. The molecule has 1 aliphatic heterocycles. The van der Waals surface area contributed by atoms with Gasteiger partial charge in [-0.25, -0.2) is 9.20 Å². The number of benzene rings is 3. The number of nitrogens with zero attached hydrogens (tertiary/aromatic N) is 1. The summed E-state index contributed by atoms with van der Waals surface area (Å²) in [5, 5.41) is 9.71. The minimum absolute atomic E-state index is 0.0600. The second kappa shape index (κ2) is 10.1. The van der Waals surface area contributed by atoms with E-state index in [1.807, 2.05) is 74.5 Å². The van der Waals surface area contributed by atoms with Crippen molar-refractivity contribution < 1.29 is 14.1 Å². The van der Waals surface area contributed by atoms with Gasteiger partial charge in [-0.15, -0.1) is 0 Å². The molecule has 33 heavy (non-hydrogen) atoms. The van der Waals surface area contributed by atoms with Crippen molar-refractivity contribution in [2.75, 3.05) is 6.61 Å². The van der Waals surface area contributed by atoms with Crippen LogP contribution in [0.5, 0.6) is 0 Å². The molecular weight excluding hydrogens is 456 g/mol. The minimum Gasteiger partial charge on any atom is -0.457 e. The Morgan fingerprint density at radius 3 is 2.30 bits per heavy atom. The lowest BCUT2D eigenvalue weighted by Crippen LogP contribution is -2.50. The molecular formula is C26H27ClN2O3S. The number of aliphatic imine (C=N–C) groups is 1. The highest BCUT2D eigenvalue weighted by atomic mass is 35.5. The Hall–Kier alpha value is -2.67. The average Bonchev–Trinajstić information content (AvgIpc) is 2.79. The smallest absolute Gasteiger partial charge is 0.298 e. The Morgan fingerprint density at radius 1 is 1.03 bits per heavy atom. The standard InChI is InChI=1S/C26H27ClN2O3S/c1-26(2)24(20-14-12-19(13-15-20)18-8-4-3-5-9-18)33(31)29-25(32-26)28-23(16-17-30)21-10-6-7-11-22(21)27/h3-15,23-24,30H,16-17H2,1-2H3,(H,28,29)/t23-,24?,33?/m0/s1. The van der Waals surface area contributed by atoms with Gasteiger partial charge >= 0.3 is 0 Å². The number of nitrogens with one attached hydrogen (secondary N) is 1. The van der Waals surface area contributed by atoms with Gasteiger partial charge in [-0.1, -0.05) is 84.4 Å². The molecule has 3 atom stereocenters. The fourth-order valence-electron chi connectivity index (χ4n) is 4.08. The van der Waals surface area contributed by atoms with Crippen LogP contribution in [-0.2, 0) is 15.7 Å². The lowest BCUT2D eigenvalue weighted by molar-refractivity contribution is 0.0785. The Kier molecular flexibility index (Phi) is 7.17. The Balaban J connectivity index is 1.58. The van der Waals surface area contributed by atoms with Gasteiger partial charge in [-0.3, -0.25) is 4.72 Å². The number of hydrogen-bond acceptors (Lipinski definition) is 4. The van der Waals surface area contributed by atoms with Gasteiger partial charge in [0.25, 0.3) is 6.02 Å². The number of ether oxygens (including phenoxy) is 1. The van der Waals surface area contributed by atoms with Crippen molar-refractivity contribution in [3.63, 3.8) is 0 Å². The van der Waals surface area contributed by atoms with Crippen LogP contribution in [0.1, 0.15) is 42.7 Å². The van der Waals surface area contributed by atoms with Crippen LogP contribution < -0.4 is 4.72 Å². The van der Waals surface area contributed by atoms with E-state index in [2.05, 4.69) is 21.8 Å². The molecule has 0 aromatic heterocycles. The number of aliphatic hydroxyl groups is 1. The molecule has 7 heteroatoms. The van der Waals surface area contributed by atoms with Gasteiger partial charge < -0.3 is 9.84 Å². The monoisotopic (exact) mass is 482 g/mol. The number of hydrogen-bond donors (Lipinski definition) is 2. The normalized spacial score (nSPS) is 21.8. The van der Waals surface area contributed by atoms with E-state index >= 15 is 0 Å². The average molecular weight is 483 g/mol. The highest BCUT2D eigenvalue weighted by Crippen LogP contribution is 2.38. The first-order valence-electron chi connectivity index (χ1n) is 10.8. The molecule has 0 radical (unpaired) electrons. The summed E-state index contributed by atoms with van der Waals surface area (Å²) >= 11 is 6.35. The predicted molar refractivity (Wildman–Crippen MR) is 134 cm³/mol. The molecule has 0 bridgehead atoms. The van der Waals surface area contributed by atoms with Gasteiger partial charge in [-0.2, -0.15) is 0 Å². The summed E-state index contributed by atoms with van der Waals surface area (Å²) in [5.41, 5.74) is 3.16. The van der Waals surface area contributed by atoms with Gasteiger partial charge in [0.05, 0.1) is 6.04 Å². The number of halogens is 1. The van der Waals surface area contributed by atoms with Crippen molar-refractivity contribution in [3.05, 3.63) is 95.0 Å². The van der Waals surface area contributed by atoms with Crippen molar-refractivity contribution in [2.45, 2.75) is 37.2 Å². The van der Waals surface area contributed by atoms with Crippen molar-refractivity contribution in [2.24, 2.45) is 4.99 Å². The SMILES string of the molecule is CC1(C)OC(=N[C@@H](CCO)c2ccccc2Cl)NS(=O)C1c1ccc(-c2ccccc2)cc1. The third-order valence-electron chi connectivity index (χ3n) is 5.65. The maximum atomic E-state index is 13.3. The molecule has 1 aliphatic rings. The van der Waals surface area contributed by atoms with Crippen LogP contribution in [0.25, 0.3) is 11.1 Å². The first kappa shape index (κ1) is 23.5. The third kappa shape index (κ3) is 5.29. The molecule has 0 spiro atoms. The van der Waals surface area contributed by atoms with Crippen LogP contribution in [-0.4, -0.2) is 27.5 Å². The van der Waals surface area contributed by atoms with Crippen LogP contribution in [0, 0.1) is 0 Å². The fourth-order valence-corrected chi connectivity index (χ4v) is 5.70. The van der Waals surface area contributed by atoms with Gasteiger partial charge in [0.1, 0.15) is 21.8 Å². The van der Waals surface area contributed by atoms with Gasteiger partial charge in [0, 0.05) is 11.6 Å². The van der Waals surface area contributed by atoms with E-state index in [-0.39, 0.29) is 12.6 Å². The van der Waals surface area contributed by atoms with E-state index < -0.39 is 27.9 Å². The highest BCUT2D eigenvalue weighted by molar-refractivity contribution is 7.84. The third-order valence-corrected chi connectivity index (χ3v) is 7.64. The van der Waals surface area contributed by atoms with E-state index in [9.17, 15) is 9.32 Å². The van der Waals surface area contributed by atoms with E-state index in [1.54, 1.807) is 6.07 Å². The zero-order chi connectivity index (χ0) is 23.4. The molecule has 0 aliphatic carbocycles. The topological polar surface area (TPSA) is 70.9 Å². The number of amidine groups is 1. The van der Waals surface area contributed by atoms with Crippen LogP contribution >= 0.6 is 11.6 Å². The Bertz CT molecular complexity index is 1150. The molecule has 2 unspecified atom stereocenters. The second-order valence-corrected chi connectivity index (χ2v) is 10.1. The first-order valence-corrected chi connectivity index (χ1v) is 12.4. The Labute approximate surface area is 202 Å². The second-order valence-electron chi connectivity index (χ2n) is 8.46. The van der Waals surface area contributed by atoms with Gasteiger partial charge in [-0.05, 0) is 48.6 Å². The van der Waals surface area contributed by atoms with Crippen LogP contribution in [0.3, 0.4) is 0 Å². The molecule has 1 fully saturated rings. The van der Waals surface area contributed by atoms with Crippen molar-refractivity contribution in [1.82, 2.24) is 4.72 Å². The quantitative estimate of drug-likeness (QED) is 0.481. The molecule has 1 saturated heterocycles. The molecule has 1 heterocycles. The minimum atomic E-state index is -1.46. The fraction of sp³-hybridized carbons (Fsp3) is 0.269. The molecule has 3 aromatic rings. The summed E-state index contributed by atoms with van der Waals surface area (Å²) in [6.45, 7) is 3.76. The first-order chi connectivity index (χ1) is 15.9. The maximum Gasteiger partial charge on any atom is 0.298 e. The number of aliphatic hydroxyl groups excluding tert-OH is 1. The Morgan fingerprint density at radius 2 is 1.67 bits per heavy atom. The molecule has 2 N–H and O–H groups in total. The van der Waals surface area contributed by atoms with Crippen molar-refractivity contribution in [1.29, 1.82) is 0 Å². The maximum absolute atomic E-state index is 13.3. The highest BCUT2D eigenvalue weighted by Gasteiger charge is 2.43. The van der Waals surface area contributed by atoms with E-state index in [1.165, 1.54) is 0 Å². The molecule has 3 aromatic carbocycles. The lowest BCUT2D eigenvalue weighted by Gasteiger charge is -2.39. The summed E-state index contributed by atoms with van der Waals surface area (Å²) in [5.74, 6) is 0. The van der Waals surface area contributed by atoms with Crippen LogP contribution in [0.2, 0.25) is 5.02 Å². The molecule has 172 valence electrons. The molecule has 0 saturated carbocycles. The van der Waals surface area contributed by atoms with Gasteiger partial charge in [0.15, 0.2) is 0 Å². The van der Waals surface area contributed by atoms with E-state index in [4.69, 9.17) is 16.3 Å². The van der Waals surface area contributed by atoms with Crippen LogP contribution in [0.15, 0.2) is 83.9 Å². The summed E-state index contributed by atoms with van der Waals surface area (Å²) in [6, 6.07) is 25.3. The van der Waals surface area contributed by atoms with Crippen molar-refractivity contribution in [3.8, 4) is 11.1 Å². The van der Waals surface area contributed by atoms with E-state index in [0.29, 0.717) is 11.4 Å². The van der Waals surface area contributed by atoms with Crippen molar-refractivity contribution >= 4 is 28.6 Å². The summed E-state index contributed by atoms with van der Waals surface area (Å²) in [4.78, 5) is 4.63. The summed E-state index contributed by atoms with van der Waals surface area (Å²) in [6.07, 6.45) is 0.371. The lowest BCUT2D eigenvalue weighted by atomic mass is 9.95. The largest absolute Gasteiger partial charge is 0.457 e. The molecule has 5 nitrogen and oxygen atoms in total. The summed E-state index contributed by atoms with van der Waals surface area (Å²) in [7, 11) is -1.46. The zero-order valence-electron chi connectivity index (χ0n) is 18.6. The summed E-state index contributed by atoms with van der Waals surface area (Å²) < 4.78 is 22.4. The van der Waals surface area contributed by atoms with Crippen LogP contribution in [0.4, 0.5) is 0 Å².